The number of carbonyl (C=O) groups is 1. The molecule has 1 N–H and O–H groups in total. The molecule has 4 rings (SSSR count). The maximum Gasteiger partial charge on any atom is 0.321 e. The van der Waals surface area contributed by atoms with Gasteiger partial charge in [0.15, 0.2) is 0 Å². The molecule has 1 aliphatic carbocycles. The summed E-state index contributed by atoms with van der Waals surface area (Å²) in [5.74, 6) is 0.679. The van der Waals surface area contributed by atoms with Crippen molar-refractivity contribution in [1.82, 2.24) is 15.3 Å². The number of ether oxygens (including phenoxy) is 1. The second-order valence-corrected chi connectivity index (χ2v) is 5.99. The fourth-order valence-electron chi connectivity index (χ4n) is 2.42. The lowest BCUT2D eigenvalue weighted by Crippen LogP contribution is -2.25. The zero-order valence-corrected chi connectivity index (χ0v) is 13.6. The van der Waals surface area contributed by atoms with Crippen molar-refractivity contribution in [3.63, 3.8) is 0 Å². The highest BCUT2D eigenvalue weighted by molar-refractivity contribution is 5.95. The molecule has 0 radical (unpaired) electrons. The van der Waals surface area contributed by atoms with Gasteiger partial charge in [-0.3, -0.25) is 4.79 Å². The molecule has 2 aromatic carbocycles. The summed E-state index contributed by atoms with van der Waals surface area (Å²) in [4.78, 5) is 20.5. The van der Waals surface area contributed by atoms with Crippen LogP contribution in [0.25, 0.3) is 11.1 Å². The van der Waals surface area contributed by atoms with Crippen LogP contribution in [0.5, 0.6) is 11.8 Å². The predicted octanol–water partition coefficient (Wildman–Crippen LogP) is 3.83. The van der Waals surface area contributed by atoms with Crippen molar-refractivity contribution >= 4 is 5.91 Å². The SMILES string of the molecule is O=C(NC1CC1)c1ccc(-c2cnc(Oc3ccccc3)nc2)cc1. The van der Waals surface area contributed by atoms with Gasteiger partial charge in [0.25, 0.3) is 5.91 Å². The zero-order valence-electron chi connectivity index (χ0n) is 13.6. The molecule has 0 saturated heterocycles. The Morgan fingerprint density at radius 1 is 0.920 bits per heavy atom. The van der Waals surface area contributed by atoms with E-state index in [1.54, 1.807) is 12.4 Å². The van der Waals surface area contributed by atoms with Gasteiger partial charge in [-0.2, -0.15) is 0 Å². The average molecular weight is 331 g/mol. The number of rotatable bonds is 5. The highest BCUT2D eigenvalue weighted by Crippen LogP contribution is 2.23. The molecule has 3 aromatic rings. The first-order valence-electron chi connectivity index (χ1n) is 8.24. The van der Waals surface area contributed by atoms with E-state index in [0.717, 1.165) is 24.0 Å². The second-order valence-electron chi connectivity index (χ2n) is 5.99. The minimum Gasteiger partial charge on any atom is -0.424 e. The first-order valence-corrected chi connectivity index (χ1v) is 8.24. The maximum absolute atomic E-state index is 12.0. The molecule has 1 aromatic heterocycles. The molecular weight excluding hydrogens is 314 g/mol. The van der Waals surface area contributed by atoms with E-state index in [2.05, 4.69) is 15.3 Å². The Morgan fingerprint density at radius 3 is 2.24 bits per heavy atom. The van der Waals surface area contributed by atoms with Crippen molar-refractivity contribution in [3.05, 3.63) is 72.6 Å². The van der Waals surface area contributed by atoms with Crippen molar-refractivity contribution in [3.8, 4) is 22.9 Å². The molecule has 0 unspecified atom stereocenters. The molecular formula is C20H17N3O2. The number of carbonyl (C=O) groups excluding carboxylic acids is 1. The number of hydrogen-bond donors (Lipinski definition) is 1. The largest absolute Gasteiger partial charge is 0.424 e. The van der Waals surface area contributed by atoms with Crippen molar-refractivity contribution in [2.24, 2.45) is 0 Å². The van der Waals surface area contributed by atoms with Crippen LogP contribution >= 0.6 is 0 Å². The molecule has 25 heavy (non-hydrogen) atoms. The van der Waals surface area contributed by atoms with Crippen LogP contribution in [-0.2, 0) is 0 Å². The molecule has 5 heteroatoms. The van der Waals surface area contributed by atoms with Gasteiger partial charge in [-0.05, 0) is 42.7 Å². The Morgan fingerprint density at radius 2 is 1.60 bits per heavy atom. The number of para-hydroxylation sites is 1. The first kappa shape index (κ1) is 15.3. The van der Waals surface area contributed by atoms with Crippen LogP contribution in [0.1, 0.15) is 23.2 Å². The highest BCUT2D eigenvalue weighted by atomic mass is 16.5. The molecule has 1 saturated carbocycles. The third kappa shape index (κ3) is 3.83. The molecule has 124 valence electrons. The van der Waals surface area contributed by atoms with Gasteiger partial charge in [-0.1, -0.05) is 30.3 Å². The van der Waals surface area contributed by atoms with Crippen LogP contribution in [0.4, 0.5) is 0 Å². The number of amides is 1. The standard InChI is InChI=1S/C20H17N3O2/c24-19(23-17-10-11-17)15-8-6-14(7-9-15)16-12-21-20(22-13-16)25-18-4-2-1-3-5-18/h1-9,12-13,17H,10-11H2,(H,23,24). The summed E-state index contributed by atoms with van der Waals surface area (Å²) < 4.78 is 5.59. The van der Waals surface area contributed by atoms with E-state index in [0.29, 0.717) is 23.4 Å². The predicted molar refractivity (Wildman–Crippen MR) is 94.5 cm³/mol. The topological polar surface area (TPSA) is 64.1 Å². The lowest BCUT2D eigenvalue weighted by atomic mass is 10.1. The summed E-state index contributed by atoms with van der Waals surface area (Å²) in [6, 6.07) is 17.5. The zero-order chi connectivity index (χ0) is 17.1. The third-order valence-electron chi connectivity index (χ3n) is 3.97. The van der Waals surface area contributed by atoms with Gasteiger partial charge in [0.1, 0.15) is 5.75 Å². The molecule has 0 atom stereocenters. The fourth-order valence-corrected chi connectivity index (χ4v) is 2.42. The molecule has 0 bridgehead atoms. The van der Waals surface area contributed by atoms with Gasteiger partial charge in [0.2, 0.25) is 0 Å². The molecule has 0 aliphatic heterocycles. The lowest BCUT2D eigenvalue weighted by molar-refractivity contribution is 0.0951. The number of nitrogens with zero attached hydrogens (tertiary/aromatic N) is 2. The maximum atomic E-state index is 12.0. The summed E-state index contributed by atoms with van der Waals surface area (Å²) >= 11 is 0. The summed E-state index contributed by atoms with van der Waals surface area (Å²) in [5, 5.41) is 2.98. The van der Waals surface area contributed by atoms with Crippen LogP contribution < -0.4 is 10.1 Å². The van der Waals surface area contributed by atoms with Crippen LogP contribution in [0.15, 0.2) is 67.0 Å². The van der Waals surface area contributed by atoms with Crippen LogP contribution in [0, 0.1) is 0 Å². The molecule has 1 heterocycles. The third-order valence-corrected chi connectivity index (χ3v) is 3.97. The Labute approximate surface area is 145 Å². The summed E-state index contributed by atoms with van der Waals surface area (Å²) in [6.07, 6.45) is 5.59. The van der Waals surface area contributed by atoms with E-state index in [9.17, 15) is 4.79 Å². The minimum absolute atomic E-state index is 0.0168. The van der Waals surface area contributed by atoms with Crippen molar-refractivity contribution in [1.29, 1.82) is 0 Å². The Bertz CT molecular complexity index is 858. The number of aromatic nitrogens is 2. The molecule has 1 aliphatic rings. The number of benzene rings is 2. The Balaban J connectivity index is 1.45. The van der Waals surface area contributed by atoms with Crippen LogP contribution in [0.3, 0.4) is 0 Å². The normalized spacial score (nSPS) is 13.3. The summed E-state index contributed by atoms with van der Waals surface area (Å²) in [7, 11) is 0. The van der Waals surface area contributed by atoms with Gasteiger partial charge in [-0.25, -0.2) is 9.97 Å². The van der Waals surface area contributed by atoms with E-state index >= 15 is 0 Å². The van der Waals surface area contributed by atoms with Crippen molar-refractivity contribution < 1.29 is 9.53 Å². The van der Waals surface area contributed by atoms with Gasteiger partial charge in [0.05, 0.1) is 0 Å². The Hall–Kier alpha value is -3.21. The van der Waals surface area contributed by atoms with Gasteiger partial charge in [0, 0.05) is 29.6 Å². The molecule has 1 fully saturated rings. The monoisotopic (exact) mass is 331 g/mol. The quantitative estimate of drug-likeness (QED) is 0.772. The summed E-state index contributed by atoms with van der Waals surface area (Å²) in [5.41, 5.74) is 2.49. The number of nitrogens with one attached hydrogen (secondary N) is 1. The molecule has 5 nitrogen and oxygen atoms in total. The van der Waals surface area contributed by atoms with E-state index in [-0.39, 0.29) is 5.91 Å². The molecule has 0 spiro atoms. The van der Waals surface area contributed by atoms with E-state index in [1.807, 2.05) is 54.6 Å². The first-order chi connectivity index (χ1) is 12.3. The molecule has 1 amide bonds. The van der Waals surface area contributed by atoms with Gasteiger partial charge in [-0.15, -0.1) is 0 Å². The fraction of sp³-hybridized carbons (Fsp3) is 0.150. The van der Waals surface area contributed by atoms with E-state index in [1.165, 1.54) is 0 Å². The summed E-state index contributed by atoms with van der Waals surface area (Å²) in [6.45, 7) is 0. The van der Waals surface area contributed by atoms with Crippen molar-refractivity contribution in [2.75, 3.05) is 0 Å². The Kier molecular flexibility index (Phi) is 4.12. The van der Waals surface area contributed by atoms with Gasteiger partial charge < -0.3 is 10.1 Å². The van der Waals surface area contributed by atoms with E-state index in [4.69, 9.17) is 4.74 Å². The average Bonchev–Trinajstić information content (AvgIpc) is 3.47. The lowest BCUT2D eigenvalue weighted by Gasteiger charge is -2.06. The smallest absolute Gasteiger partial charge is 0.321 e. The minimum atomic E-state index is -0.0168. The van der Waals surface area contributed by atoms with Crippen LogP contribution in [0.2, 0.25) is 0 Å². The highest BCUT2D eigenvalue weighted by Gasteiger charge is 2.23. The van der Waals surface area contributed by atoms with Crippen LogP contribution in [-0.4, -0.2) is 21.9 Å². The van der Waals surface area contributed by atoms with Gasteiger partial charge >= 0.3 is 6.01 Å². The number of hydrogen-bond acceptors (Lipinski definition) is 4. The second kappa shape index (κ2) is 6.73. The van der Waals surface area contributed by atoms with E-state index < -0.39 is 0 Å². The van der Waals surface area contributed by atoms with Crippen molar-refractivity contribution in [2.45, 2.75) is 18.9 Å².